The molecule has 2 amide bonds. The molecule has 0 radical (unpaired) electrons. The van der Waals surface area contributed by atoms with Gasteiger partial charge in [0.25, 0.3) is 0 Å². The molecule has 3 heterocycles. The highest BCUT2D eigenvalue weighted by Crippen LogP contribution is 2.32. The van der Waals surface area contributed by atoms with Gasteiger partial charge in [0.05, 0.1) is 11.3 Å². The molecule has 0 atom stereocenters. The summed E-state index contributed by atoms with van der Waals surface area (Å²) in [5.74, 6) is 1.84. The van der Waals surface area contributed by atoms with E-state index in [4.69, 9.17) is 9.72 Å². The van der Waals surface area contributed by atoms with Gasteiger partial charge in [0, 0.05) is 62.9 Å². The van der Waals surface area contributed by atoms with Gasteiger partial charge < -0.3 is 25.2 Å². The van der Waals surface area contributed by atoms with Crippen molar-refractivity contribution in [2.75, 3.05) is 50.0 Å². The minimum Gasteiger partial charge on any atom is -0.438 e. The van der Waals surface area contributed by atoms with Crippen molar-refractivity contribution in [1.29, 1.82) is 0 Å². The molecule has 1 aliphatic rings. The number of aryl methyl sites for hydroxylation is 1. The van der Waals surface area contributed by atoms with E-state index in [9.17, 15) is 4.79 Å². The SMILES string of the molecule is CCNC(=O)Nc1ccc(Oc2ncccc2-c2ccnc(Cc3ccc(N4CCN(C)CC4)cc3)n2)c(C)c1. The summed E-state index contributed by atoms with van der Waals surface area (Å²) in [4.78, 5) is 30.5. The smallest absolute Gasteiger partial charge is 0.319 e. The second-order valence-corrected chi connectivity index (χ2v) is 9.91. The van der Waals surface area contributed by atoms with Crippen molar-refractivity contribution in [3.05, 3.63) is 90.0 Å². The van der Waals surface area contributed by atoms with Crippen molar-refractivity contribution in [2.24, 2.45) is 0 Å². The van der Waals surface area contributed by atoms with E-state index in [0.717, 1.165) is 54.4 Å². The maximum Gasteiger partial charge on any atom is 0.319 e. The van der Waals surface area contributed by atoms with Crippen LogP contribution in [-0.4, -0.2) is 65.7 Å². The van der Waals surface area contributed by atoms with E-state index >= 15 is 0 Å². The fraction of sp³-hybridized carbons (Fsp3) is 0.290. The van der Waals surface area contributed by atoms with Crippen molar-refractivity contribution in [1.82, 2.24) is 25.2 Å². The molecule has 2 N–H and O–H groups in total. The largest absolute Gasteiger partial charge is 0.438 e. The number of likely N-dealkylation sites (N-methyl/N-ethyl adjacent to an activating group) is 1. The van der Waals surface area contributed by atoms with Gasteiger partial charge in [-0.2, -0.15) is 0 Å². The quantitative estimate of drug-likeness (QED) is 0.322. The van der Waals surface area contributed by atoms with Crippen molar-refractivity contribution in [3.8, 4) is 22.9 Å². The maximum atomic E-state index is 11.9. The maximum absolute atomic E-state index is 11.9. The molecule has 206 valence electrons. The number of nitrogens with one attached hydrogen (secondary N) is 2. The van der Waals surface area contributed by atoms with Crippen LogP contribution in [0.2, 0.25) is 0 Å². The molecule has 1 aliphatic heterocycles. The summed E-state index contributed by atoms with van der Waals surface area (Å²) in [5, 5.41) is 5.54. The van der Waals surface area contributed by atoms with Gasteiger partial charge in [-0.25, -0.2) is 19.7 Å². The van der Waals surface area contributed by atoms with E-state index in [1.807, 2.05) is 44.2 Å². The highest BCUT2D eigenvalue weighted by molar-refractivity contribution is 5.89. The molecule has 0 spiro atoms. The van der Waals surface area contributed by atoms with Gasteiger partial charge >= 0.3 is 6.03 Å². The first-order valence-electron chi connectivity index (χ1n) is 13.6. The standard InChI is InChI=1S/C31H35N7O2/c1-4-32-31(39)35-24-9-12-28(22(2)20-24)40-30-26(6-5-14-34-30)27-13-15-33-29(36-27)21-23-7-10-25(11-8-23)38-18-16-37(3)17-19-38/h5-15,20H,4,16-19,21H2,1-3H3,(H2,32,35,39). The Balaban J connectivity index is 1.29. The van der Waals surface area contributed by atoms with Crippen LogP contribution in [0.4, 0.5) is 16.2 Å². The number of carbonyl (C=O) groups excluding carboxylic acids is 1. The number of nitrogens with zero attached hydrogens (tertiary/aromatic N) is 5. The highest BCUT2D eigenvalue weighted by Gasteiger charge is 2.15. The first-order valence-corrected chi connectivity index (χ1v) is 13.6. The number of carbonyl (C=O) groups is 1. The minimum atomic E-state index is -0.242. The monoisotopic (exact) mass is 537 g/mol. The summed E-state index contributed by atoms with van der Waals surface area (Å²) in [7, 11) is 2.17. The van der Waals surface area contributed by atoms with Crippen LogP contribution in [0.3, 0.4) is 0 Å². The van der Waals surface area contributed by atoms with E-state index in [0.29, 0.717) is 30.3 Å². The molecule has 9 heteroatoms. The molecule has 0 bridgehead atoms. The zero-order chi connectivity index (χ0) is 27.9. The second kappa shape index (κ2) is 12.6. The first-order chi connectivity index (χ1) is 19.5. The van der Waals surface area contributed by atoms with Gasteiger partial charge in [-0.1, -0.05) is 12.1 Å². The molecule has 0 aliphatic carbocycles. The van der Waals surface area contributed by atoms with Crippen molar-refractivity contribution >= 4 is 17.4 Å². The molecule has 4 aromatic rings. The summed E-state index contributed by atoms with van der Waals surface area (Å²) in [6, 6.07) is 19.6. The fourth-order valence-corrected chi connectivity index (χ4v) is 4.65. The number of benzene rings is 2. The Morgan fingerprint density at radius 2 is 1.77 bits per heavy atom. The second-order valence-electron chi connectivity index (χ2n) is 9.91. The zero-order valence-corrected chi connectivity index (χ0v) is 23.2. The van der Waals surface area contributed by atoms with Crippen LogP contribution in [0.25, 0.3) is 11.3 Å². The first kappa shape index (κ1) is 27.1. The van der Waals surface area contributed by atoms with E-state index in [2.05, 4.69) is 61.7 Å². The summed E-state index contributed by atoms with van der Waals surface area (Å²) < 4.78 is 6.23. The average molecular weight is 538 g/mol. The predicted octanol–water partition coefficient (Wildman–Crippen LogP) is 5.12. The topological polar surface area (TPSA) is 95.5 Å². The highest BCUT2D eigenvalue weighted by atomic mass is 16.5. The Morgan fingerprint density at radius 3 is 2.52 bits per heavy atom. The zero-order valence-electron chi connectivity index (χ0n) is 23.2. The molecule has 5 rings (SSSR count). The number of hydrogen-bond acceptors (Lipinski definition) is 7. The summed E-state index contributed by atoms with van der Waals surface area (Å²) >= 11 is 0. The number of ether oxygens (including phenoxy) is 1. The fourth-order valence-electron chi connectivity index (χ4n) is 4.65. The summed E-state index contributed by atoms with van der Waals surface area (Å²) in [6.45, 7) is 8.63. The number of anilines is 2. The Morgan fingerprint density at radius 1 is 0.975 bits per heavy atom. The van der Waals surface area contributed by atoms with Gasteiger partial charge in [-0.05, 0) is 80.6 Å². The lowest BCUT2D eigenvalue weighted by Crippen LogP contribution is -2.44. The molecule has 40 heavy (non-hydrogen) atoms. The van der Waals surface area contributed by atoms with Crippen LogP contribution in [0.1, 0.15) is 23.9 Å². The molecule has 2 aromatic heterocycles. The molecule has 2 aromatic carbocycles. The van der Waals surface area contributed by atoms with Gasteiger partial charge in [0.2, 0.25) is 5.88 Å². The number of aromatic nitrogens is 3. The number of hydrogen-bond donors (Lipinski definition) is 2. The number of pyridine rings is 1. The van der Waals surface area contributed by atoms with Gasteiger partial charge in [0.15, 0.2) is 0 Å². The van der Waals surface area contributed by atoms with Gasteiger partial charge in [-0.15, -0.1) is 0 Å². The van der Waals surface area contributed by atoms with Gasteiger partial charge in [0.1, 0.15) is 11.6 Å². The molecular weight excluding hydrogens is 502 g/mol. The number of rotatable bonds is 8. The summed E-state index contributed by atoms with van der Waals surface area (Å²) in [6.07, 6.45) is 4.11. The molecule has 9 nitrogen and oxygen atoms in total. The summed E-state index contributed by atoms with van der Waals surface area (Å²) in [5.41, 5.74) is 5.50. The average Bonchev–Trinajstić information content (AvgIpc) is 2.96. The Kier molecular flexibility index (Phi) is 8.51. The molecule has 0 unspecified atom stereocenters. The van der Waals surface area contributed by atoms with E-state index in [1.54, 1.807) is 18.5 Å². The predicted molar refractivity (Wildman–Crippen MR) is 158 cm³/mol. The van der Waals surface area contributed by atoms with E-state index in [-0.39, 0.29) is 6.03 Å². The molecule has 1 fully saturated rings. The third-order valence-corrected chi connectivity index (χ3v) is 6.90. The van der Waals surface area contributed by atoms with Crippen molar-refractivity contribution in [3.63, 3.8) is 0 Å². The number of amides is 2. The molecule has 1 saturated heterocycles. The van der Waals surface area contributed by atoms with E-state index in [1.165, 1.54) is 5.69 Å². The van der Waals surface area contributed by atoms with Crippen molar-refractivity contribution < 1.29 is 9.53 Å². The Labute approximate surface area is 235 Å². The van der Waals surface area contributed by atoms with Crippen LogP contribution >= 0.6 is 0 Å². The van der Waals surface area contributed by atoms with Crippen LogP contribution in [-0.2, 0) is 6.42 Å². The molecule has 0 saturated carbocycles. The van der Waals surface area contributed by atoms with Crippen LogP contribution < -0.4 is 20.3 Å². The Bertz CT molecular complexity index is 1450. The normalized spacial score (nSPS) is 13.6. The lowest BCUT2D eigenvalue weighted by Gasteiger charge is -2.34. The Hall–Kier alpha value is -4.50. The van der Waals surface area contributed by atoms with Crippen LogP contribution in [0.5, 0.6) is 11.6 Å². The third-order valence-electron chi connectivity index (χ3n) is 6.90. The van der Waals surface area contributed by atoms with Crippen molar-refractivity contribution in [2.45, 2.75) is 20.3 Å². The number of urea groups is 1. The lowest BCUT2D eigenvalue weighted by atomic mass is 10.1. The van der Waals surface area contributed by atoms with Crippen LogP contribution in [0, 0.1) is 6.92 Å². The van der Waals surface area contributed by atoms with E-state index < -0.39 is 0 Å². The molecular formula is C31H35N7O2. The third kappa shape index (κ3) is 6.73. The number of piperazine rings is 1. The van der Waals surface area contributed by atoms with Crippen LogP contribution in [0.15, 0.2) is 73.1 Å². The minimum absolute atomic E-state index is 0.242. The lowest BCUT2D eigenvalue weighted by molar-refractivity contribution is 0.252. The van der Waals surface area contributed by atoms with Gasteiger partial charge in [-0.3, -0.25) is 0 Å².